The Morgan fingerprint density at radius 3 is 2.72 bits per heavy atom. The number of nitrogens with zero attached hydrogens (tertiary/aromatic N) is 1. The molecule has 0 aromatic heterocycles. The molecule has 162 valence electrons. The minimum absolute atomic E-state index is 0.0431. The fourth-order valence-electron chi connectivity index (χ4n) is 3.58. The van der Waals surface area contributed by atoms with E-state index in [0.29, 0.717) is 18.7 Å². The number of nitro benzene ring substituents is 1. The summed E-state index contributed by atoms with van der Waals surface area (Å²) >= 11 is 0. The van der Waals surface area contributed by atoms with Crippen LogP contribution in [-0.4, -0.2) is 43.1 Å². The van der Waals surface area contributed by atoms with Crippen LogP contribution in [0.25, 0.3) is 0 Å². The summed E-state index contributed by atoms with van der Waals surface area (Å²) in [6.07, 6.45) is 0.0635. The number of alkyl halides is 3. The highest BCUT2D eigenvalue weighted by molar-refractivity contribution is 5.76. The standard InChI is InChI=1S/C19H27F3N4O3/c1-14-5-2-3-11-25(14)12-4-9-24-18(27)8-10-23-16-7-6-15(19(20,21)22)13-17(16)26(28)29/h6-7,13-14,23H,2-5,8-12H2,1H3,(H,24,27)/p+1/t14-/m1/s1. The van der Waals surface area contributed by atoms with Crippen LogP contribution in [0.3, 0.4) is 0 Å². The van der Waals surface area contributed by atoms with Crippen molar-refractivity contribution in [3.05, 3.63) is 33.9 Å². The topological polar surface area (TPSA) is 88.7 Å². The number of halogens is 3. The van der Waals surface area contributed by atoms with Gasteiger partial charge in [-0.2, -0.15) is 13.2 Å². The summed E-state index contributed by atoms with van der Waals surface area (Å²) in [6, 6.07) is 2.94. The second-order valence-electron chi connectivity index (χ2n) is 7.42. The number of hydrogen-bond acceptors (Lipinski definition) is 4. The van der Waals surface area contributed by atoms with Crippen LogP contribution in [0, 0.1) is 10.1 Å². The number of carbonyl (C=O) groups excluding carboxylic acids is 1. The van der Waals surface area contributed by atoms with Gasteiger partial charge in [-0.3, -0.25) is 14.9 Å². The number of amides is 1. The molecule has 3 N–H and O–H groups in total. The van der Waals surface area contributed by atoms with Crippen LogP contribution < -0.4 is 15.5 Å². The van der Waals surface area contributed by atoms with Gasteiger partial charge in [0.1, 0.15) is 5.69 Å². The van der Waals surface area contributed by atoms with E-state index in [0.717, 1.165) is 25.1 Å². The molecule has 1 aromatic rings. The van der Waals surface area contributed by atoms with E-state index < -0.39 is 22.4 Å². The Hall–Kier alpha value is -2.36. The van der Waals surface area contributed by atoms with Crippen molar-refractivity contribution in [2.75, 3.05) is 31.5 Å². The Labute approximate surface area is 167 Å². The lowest BCUT2D eigenvalue weighted by Gasteiger charge is -2.30. The Bertz CT molecular complexity index is 712. The van der Waals surface area contributed by atoms with E-state index in [-0.39, 0.29) is 24.6 Å². The van der Waals surface area contributed by atoms with Crippen molar-refractivity contribution >= 4 is 17.3 Å². The molecule has 1 aromatic carbocycles. The van der Waals surface area contributed by atoms with Crippen molar-refractivity contribution in [1.82, 2.24) is 5.32 Å². The fourth-order valence-corrected chi connectivity index (χ4v) is 3.58. The summed E-state index contributed by atoms with van der Waals surface area (Å²) in [5, 5.41) is 16.5. The van der Waals surface area contributed by atoms with Crippen LogP contribution in [0.15, 0.2) is 18.2 Å². The monoisotopic (exact) mass is 417 g/mol. The summed E-state index contributed by atoms with van der Waals surface area (Å²) in [5.41, 5.74) is -1.80. The smallest absolute Gasteiger partial charge is 0.379 e. The third-order valence-electron chi connectivity index (χ3n) is 5.27. The van der Waals surface area contributed by atoms with Crippen molar-refractivity contribution in [1.29, 1.82) is 0 Å². The lowest BCUT2D eigenvalue weighted by Crippen LogP contribution is -3.16. The molecule has 0 radical (unpaired) electrons. The first-order valence-electron chi connectivity index (χ1n) is 9.89. The second-order valence-corrected chi connectivity index (χ2v) is 7.42. The zero-order valence-corrected chi connectivity index (χ0v) is 16.5. The van der Waals surface area contributed by atoms with Crippen molar-refractivity contribution < 1.29 is 27.8 Å². The van der Waals surface area contributed by atoms with E-state index in [1.807, 2.05) is 0 Å². The molecule has 1 heterocycles. The molecule has 1 saturated heterocycles. The van der Waals surface area contributed by atoms with Crippen molar-refractivity contribution in [2.45, 2.75) is 51.2 Å². The van der Waals surface area contributed by atoms with E-state index in [1.165, 1.54) is 25.8 Å². The molecular formula is C19H28F3N4O3+. The number of piperidine rings is 1. The van der Waals surface area contributed by atoms with E-state index >= 15 is 0 Å². The molecule has 29 heavy (non-hydrogen) atoms. The number of carbonyl (C=O) groups is 1. The number of quaternary nitrogens is 1. The average Bonchev–Trinajstić information content (AvgIpc) is 2.65. The number of nitro groups is 1. The Balaban J connectivity index is 1.73. The molecule has 1 unspecified atom stereocenters. The van der Waals surface area contributed by atoms with E-state index in [9.17, 15) is 28.1 Å². The minimum atomic E-state index is -4.66. The summed E-state index contributed by atoms with van der Waals surface area (Å²) < 4.78 is 38.1. The van der Waals surface area contributed by atoms with Gasteiger partial charge in [0.2, 0.25) is 5.91 Å². The number of benzene rings is 1. The SMILES string of the molecule is C[C@@H]1CCCC[NH+]1CCCNC(=O)CCNc1ccc(C(F)(F)F)cc1[N+](=O)[O-]. The third kappa shape index (κ3) is 7.19. The number of nitrogens with one attached hydrogen (secondary N) is 3. The van der Waals surface area contributed by atoms with Gasteiger partial charge in [0, 0.05) is 32.0 Å². The first kappa shape index (κ1) is 22.9. The maximum Gasteiger partial charge on any atom is 0.416 e. The van der Waals surface area contributed by atoms with E-state index in [4.69, 9.17) is 0 Å². The fraction of sp³-hybridized carbons (Fsp3) is 0.632. The molecule has 2 atom stereocenters. The first-order valence-corrected chi connectivity index (χ1v) is 9.89. The van der Waals surface area contributed by atoms with Crippen LogP contribution in [0.4, 0.5) is 24.5 Å². The van der Waals surface area contributed by atoms with E-state index in [1.54, 1.807) is 4.90 Å². The normalized spacial score (nSPS) is 19.6. The van der Waals surface area contributed by atoms with Gasteiger partial charge in [-0.1, -0.05) is 0 Å². The van der Waals surface area contributed by atoms with Crippen molar-refractivity contribution in [3.8, 4) is 0 Å². The molecule has 2 rings (SSSR count). The molecule has 7 nitrogen and oxygen atoms in total. The lowest BCUT2D eigenvalue weighted by atomic mass is 10.0. The number of anilines is 1. The highest BCUT2D eigenvalue weighted by atomic mass is 19.4. The number of rotatable bonds is 9. The maximum atomic E-state index is 12.7. The summed E-state index contributed by atoms with van der Waals surface area (Å²) in [4.78, 5) is 23.7. The van der Waals surface area contributed by atoms with Gasteiger partial charge in [0.15, 0.2) is 0 Å². The molecule has 1 amide bonds. The van der Waals surface area contributed by atoms with Crippen LogP contribution in [0.1, 0.15) is 44.6 Å². The van der Waals surface area contributed by atoms with Gasteiger partial charge in [-0.25, -0.2) is 0 Å². The molecule has 0 spiro atoms. The Morgan fingerprint density at radius 2 is 2.07 bits per heavy atom. The zero-order chi connectivity index (χ0) is 21.4. The quantitative estimate of drug-likeness (QED) is 0.327. The van der Waals surface area contributed by atoms with Gasteiger partial charge in [-0.05, 0) is 38.3 Å². The van der Waals surface area contributed by atoms with Crippen LogP contribution in [0.2, 0.25) is 0 Å². The first-order chi connectivity index (χ1) is 13.7. The lowest BCUT2D eigenvalue weighted by molar-refractivity contribution is -0.928. The molecule has 0 bridgehead atoms. The maximum absolute atomic E-state index is 12.7. The number of hydrogen-bond donors (Lipinski definition) is 3. The molecule has 10 heteroatoms. The summed E-state index contributed by atoms with van der Waals surface area (Å²) in [6.45, 7) is 5.09. The van der Waals surface area contributed by atoms with Gasteiger partial charge in [0.25, 0.3) is 5.69 Å². The Morgan fingerprint density at radius 1 is 1.31 bits per heavy atom. The van der Waals surface area contributed by atoms with E-state index in [2.05, 4.69) is 17.6 Å². The van der Waals surface area contributed by atoms with Gasteiger partial charge >= 0.3 is 6.18 Å². The van der Waals surface area contributed by atoms with Gasteiger partial charge in [0.05, 0.1) is 29.6 Å². The molecule has 1 aliphatic heterocycles. The summed E-state index contributed by atoms with van der Waals surface area (Å²) in [7, 11) is 0. The molecule has 1 fully saturated rings. The van der Waals surface area contributed by atoms with Crippen LogP contribution in [0.5, 0.6) is 0 Å². The molecular weight excluding hydrogens is 389 g/mol. The van der Waals surface area contributed by atoms with Gasteiger partial charge in [-0.15, -0.1) is 0 Å². The predicted molar refractivity (Wildman–Crippen MR) is 103 cm³/mol. The minimum Gasteiger partial charge on any atom is -0.379 e. The third-order valence-corrected chi connectivity index (χ3v) is 5.27. The molecule has 1 aliphatic rings. The predicted octanol–water partition coefficient (Wildman–Crippen LogP) is 2.38. The molecule has 0 aliphatic carbocycles. The van der Waals surface area contributed by atoms with Crippen LogP contribution in [-0.2, 0) is 11.0 Å². The largest absolute Gasteiger partial charge is 0.416 e. The van der Waals surface area contributed by atoms with Crippen molar-refractivity contribution in [3.63, 3.8) is 0 Å². The highest BCUT2D eigenvalue weighted by Gasteiger charge is 2.33. The molecule has 0 saturated carbocycles. The number of likely N-dealkylation sites (tertiary alicyclic amines) is 1. The highest BCUT2D eigenvalue weighted by Crippen LogP contribution is 2.34. The van der Waals surface area contributed by atoms with Crippen LogP contribution >= 0.6 is 0 Å². The Kier molecular flexibility index (Phi) is 8.24. The zero-order valence-electron chi connectivity index (χ0n) is 16.5. The second kappa shape index (κ2) is 10.4. The van der Waals surface area contributed by atoms with Gasteiger partial charge < -0.3 is 15.5 Å². The van der Waals surface area contributed by atoms with Crippen molar-refractivity contribution in [2.24, 2.45) is 0 Å². The average molecular weight is 417 g/mol. The summed E-state index contributed by atoms with van der Waals surface area (Å²) in [5.74, 6) is -0.200.